The topological polar surface area (TPSA) is 81.3 Å². The van der Waals surface area contributed by atoms with Gasteiger partial charge in [0.25, 0.3) is 5.56 Å². The van der Waals surface area contributed by atoms with Crippen molar-refractivity contribution in [2.75, 3.05) is 5.43 Å². The van der Waals surface area contributed by atoms with E-state index in [0.29, 0.717) is 22.2 Å². The molecule has 0 bridgehead atoms. The third-order valence-corrected chi connectivity index (χ3v) is 4.10. The smallest absolute Gasteiger partial charge is 0.274 e. The fraction of sp³-hybridized carbons (Fsp3) is 0.111. The van der Waals surface area contributed by atoms with E-state index >= 15 is 0 Å². The highest BCUT2D eigenvalue weighted by molar-refractivity contribution is 5.87. The first-order chi connectivity index (χ1) is 12.5. The fourth-order valence-corrected chi connectivity index (χ4v) is 2.99. The van der Waals surface area contributed by atoms with Crippen LogP contribution in [0, 0.1) is 12.7 Å². The lowest BCUT2D eigenvalue weighted by atomic mass is 10.1. The standard InChI is InChI=1S/C18H14FN5O2/c1-10-16(12-3-5-13(19)6-4-12)17-20-9-14-15(24(17)21-10)7-8-23(18(14)26)22-11(2)25/h3-9H,1-2H3,(H,22,25). The lowest BCUT2D eigenvalue weighted by Gasteiger charge is -2.08. The summed E-state index contributed by atoms with van der Waals surface area (Å²) in [5.41, 5.74) is 5.45. The zero-order valence-electron chi connectivity index (χ0n) is 14.0. The van der Waals surface area contributed by atoms with E-state index in [4.69, 9.17) is 0 Å². The summed E-state index contributed by atoms with van der Waals surface area (Å²) in [6, 6.07) is 7.78. The molecule has 3 heterocycles. The summed E-state index contributed by atoms with van der Waals surface area (Å²) in [6.07, 6.45) is 2.93. The van der Waals surface area contributed by atoms with Crippen LogP contribution in [0.5, 0.6) is 0 Å². The number of pyridine rings is 1. The van der Waals surface area contributed by atoms with Crippen LogP contribution >= 0.6 is 0 Å². The maximum atomic E-state index is 13.2. The van der Waals surface area contributed by atoms with Gasteiger partial charge in [0.2, 0.25) is 5.91 Å². The van der Waals surface area contributed by atoms with Crippen LogP contribution in [0.2, 0.25) is 0 Å². The maximum absolute atomic E-state index is 13.2. The number of amides is 1. The Kier molecular flexibility index (Phi) is 3.54. The Hall–Kier alpha value is -3.55. The molecule has 0 radical (unpaired) electrons. The molecular weight excluding hydrogens is 337 g/mol. The van der Waals surface area contributed by atoms with Crippen molar-refractivity contribution < 1.29 is 9.18 Å². The molecule has 130 valence electrons. The van der Waals surface area contributed by atoms with Crippen LogP contribution < -0.4 is 11.0 Å². The van der Waals surface area contributed by atoms with Gasteiger partial charge in [-0.3, -0.25) is 15.0 Å². The number of carbonyl (C=O) groups is 1. The Labute approximate surface area is 146 Å². The number of aromatic nitrogens is 4. The van der Waals surface area contributed by atoms with Gasteiger partial charge in [-0.05, 0) is 30.7 Å². The van der Waals surface area contributed by atoms with Crippen molar-refractivity contribution in [1.82, 2.24) is 19.3 Å². The molecule has 4 rings (SSSR count). The van der Waals surface area contributed by atoms with Gasteiger partial charge < -0.3 is 0 Å². The Morgan fingerprint density at radius 2 is 1.92 bits per heavy atom. The lowest BCUT2D eigenvalue weighted by Crippen LogP contribution is -2.31. The van der Waals surface area contributed by atoms with Gasteiger partial charge in [-0.2, -0.15) is 5.10 Å². The first-order valence-electron chi connectivity index (χ1n) is 7.89. The highest BCUT2D eigenvalue weighted by Crippen LogP contribution is 2.28. The largest absolute Gasteiger partial charge is 0.280 e. The minimum absolute atomic E-state index is 0.320. The summed E-state index contributed by atoms with van der Waals surface area (Å²) >= 11 is 0. The molecule has 0 atom stereocenters. The average molecular weight is 351 g/mol. The quantitative estimate of drug-likeness (QED) is 0.601. The van der Waals surface area contributed by atoms with E-state index in [-0.39, 0.29) is 11.7 Å². The minimum Gasteiger partial charge on any atom is -0.274 e. The molecule has 3 aromatic heterocycles. The van der Waals surface area contributed by atoms with Crippen LogP contribution in [0.4, 0.5) is 4.39 Å². The van der Waals surface area contributed by atoms with Crippen LogP contribution in [-0.2, 0) is 4.79 Å². The molecule has 26 heavy (non-hydrogen) atoms. The van der Waals surface area contributed by atoms with E-state index < -0.39 is 5.56 Å². The molecule has 1 aromatic carbocycles. The van der Waals surface area contributed by atoms with E-state index in [2.05, 4.69) is 15.5 Å². The molecule has 0 aliphatic heterocycles. The predicted molar refractivity (Wildman–Crippen MR) is 94.9 cm³/mol. The number of fused-ring (bicyclic) bond motifs is 3. The molecule has 0 saturated carbocycles. The van der Waals surface area contributed by atoms with Crippen LogP contribution in [0.3, 0.4) is 0 Å². The number of hydrogen-bond acceptors (Lipinski definition) is 4. The van der Waals surface area contributed by atoms with Crippen molar-refractivity contribution in [3.63, 3.8) is 0 Å². The number of benzene rings is 1. The van der Waals surface area contributed by atoms with Gasteiger partial charge in [0.05, 0.1) is 16.6 Å². The van der Waals surface area contributed by atoms with Crippen molar-refractivity contribution in [2.24, 2.45) is 0 Å². The van der Waals surface area contributed by atoms with Crippen LogP contribution in [0.25, 0.3) is 27.7 Å². The number of halogens is 1. The third kappa shape index (κ3) is 2.43. The number of hydrogen-bond donors (Lipinski definition) is 1. The monoisotopic (exact) mass is 351 g/mol. The van der Waals surface area contributed by atoms with Gasteiger partial charge in [-0.15, -0.1) is 0 Å². The second-order valence-corrected chi connectivity index (χ2v) is 5.92. The molecule has 0 aliphatic rings. The predicted octanol–water partition coefficient (Wildman–Crippen LogP) is 2.25. The Balaban J connectivity index is 1.99. The molecule has 0 fully saturated rings. The zero-order valence-corrected chi connectivity index (χ0v) is 14.0. The van der Waals surface area contributed by atoms with Gasteiger partial charge in [0.1, 0.15) is 5.82 Å². The SMILES string of the molecule is CC(=O)Nn1ccc2c(cnc3c(-c4ccc(F)cc4)c(C)nn32)c1=O. The van der Waals surface area contributed by atoms with Crippen molar-refractivity contribution in [1.29, 1.82) is 0 Å². The van der Waals surface area contributed by atoms with Crippen molar-refractivity contribution in [2.45, 2.75) is 13.8 Å². The van der Waals surface area contributed by atoms with E-state index in [1.54, 1.807) is 22.7 Å². The first kappa shape index (κ1) is 15.9. The average Bonchev–Trinajstić information content (AvgIpc) is 2.94. The van der Waals surface area contributed by atoms with Gasteiger partial charge in [0.15, 0.2) is 5.65 Å². The van der Waals surface area contributed by atoms with E-state index in [1.807, 2.05) is 6.92 Å². The van der Waals surface area contributed by atoms with Crippen molar-refractivity contribution >= 4 is 22.5 Å². The lowest BCUT2D eigenvalue weighted by molar-refractivity contribution is -0.115. The van der Waals surface area contributed by atoms with E-state index in [9.17, 15) is 14.0 Å². The highest BCUT2D eigenvalue weighted by Gasteiger charge is 2.16. The van der Waals surface area contributed by atoms with Crippen LogP contribution in [0.15, 0.2) is 47.5 Å². The van der Waals surface area contributed by atoms with Gasteiger partial charge >= 0.3 is 0 Å². The van der Waals surface area contributed by atoms with Crippen LogP contribution in [-0.4, -0.2) is 25.2 Å². The number of carbonyl (C=O) groups excluding carboxylic acids is 1. The summed E-state index contributed by atoms with van der Waals surface area (Å²) in [7, 11) is 0. The Morgan fingerprint density at radius 3 is 2.62 bits per heavy atom. The summed E-state index contributed by atoms with van der Waals surface area (Å²) in [6.45, 7) is 3.15. The Bertz CT molecular complexity index is 1220. The van der Waals surface area contributed by atoms with E-state index in [0.717, 1.165) is 15.8 Å². The molecule has 0 spiro atoms. The number of rotatable bonds is 2. The van der Waals surface area contributed by atoms with Crippen molar-refractivity contribution in [3.8, 4) is 11.1 Å². The fourth-order valence-electron chi connectivity index (χ4n) is 2.99. The molecule has 1 N–H and O–H groups in total. The van der Waals surface area contributed by atoms with Gasteiger partial charge in [-0.1, -0.05) is 12.1 Å². The molecule has 7 nitrogen and oxygen atoms in total. The number of aryl methyl sites for hydroxylation is 1. The van der Waals surface area contributed by atoms with Gasteiger partial charge in [-0.25, -0.2) is 18.6 Å². The Morgan fingerprint density at radius 1 is 1.19 bits per heavy atom. The first-order valence-corrected chi connectivity index (χ1v) is 7.89. The highest BCUT2D eigenvalue weighted by atomic mass is 19.1. The molecule has 0 aliphatic carbocycles. The second kappa shape index (κ2) is 5.76. The minimum atomic E-state index is -0.399. The van der Waals surface area contributed by atoms with Crippen molar-refractivity contribution in [3.05, 3.63) is 64.6 Å². The molecule has 1 amide bonds. The summed E-state index contributed by atoms with van der Waals surface area (Å²) in [5, 5.41) is 4.82. The van der Waals surface area contributed by atoms with Gasteiger partial charge in [0, 0.05) is 24.9 Å². The number of nitrogens with one attached hydrogen (secondary N) is 1. The van der Waals surface area contributed by atoms with E-state index in [1.165, 1.54) is 31.5 Å². The normalized spacial score (nSPS) is 11.2. The summed E-state index contributed by atoms with van der Waals surface area (Å²) in [4.78, 5) is 28.1. The zero-order chi connectivity index (χ0) is 18.4. The third-order valence-electron chi connectivity index (χ3n) is 4.10. The molecule has 0 unspecified atom stereocenters. The second-order valence-electron chi connectivity index (χ2n) is 5.92. The molecular formula is C18H14FN5O2. The molecule has 8 heteroatoms. The molecule has 0 saturated heterocycles. The van der Waals surface area contributed by atoms with Crippen LogP contribution in [0.1, 0.15) is 12.6 Å². The summed E-state index contributed by atoms with van der Waals surface area (Å²) < 4.78 is 15.9. The number of nitrogens with zero attached hydrogens (tertiary/aromatic N) is 4. The molecule has 4 aromatic rings. The summed E-state index contributed by atoms with van der Waals surface area (Å²) in [5.74, 6) is -0.672. The maximum Gasteiger partial charge on any atom is 0.280 e.